The first kappa shape index (κ1) is 10.2. The van der Waals surface area contributed by atoms with Gasteiger partial charge in [-0.3, -0.25) is 0 Å². The third-order valence-electron chi connectivity index (χ3n) is 2.49. The minimum absolute atomic E-state index is 0.311. The largest absolute Gasteiger partial charge is 0.492 e. The van der Waals surface area contributed by atoms with E-state index in [-0.39, 0.29) is 5.60 Å². The van der Waals surface area contributed by atoms with Gasteiger partial charge in [-0.2, -0.15) is 0 Å². The molecule has 1 aromatic rings. The predicted octanol–water partition coefficient (Wildman–Crippen LogP) is 2.85. The molecule has 1 aliphatic rings. The highest BCUT2D eigenvalue weighted by molar-refractivity contribution is 5.53. The molecule has 0 saturated carbocycles. The van der Waals surface area contributed by atoms with E-state index in [4.69, 9.17) is 9.47 Å². The molecule has 2 rings (SSSR count). The van der Waals surface area contributed by atoms with Crippen molar-refractivity contribution in [1.29, 1.82) is 0 Å². The van der Waals surface area contributed by atoms with Gasteiger partial charge in [0.2, 0.25) is 0 Å². The lowest BCUT2D eigenvalue weighted by Gasteiger charge is -2.33. The molecule has 1 heterocycles. The predicted molar refractivity (Wildman–Crippen MR) is 60.4 cm³/mol. The standard InChI is InChI=1S/C13H16O2/c1-13(2)12(14-8-9-15-13)10-11-6-4-3-5-7-11/h3-7,10H,8-9H2,1-2H3/b12-10-. The Balaban J connectivity index is 2.25. The summed E-state index contributed by atoms with van der Waals surface area (Å²) >= 11 is 0. The van der Waals surface area contributed by atoms with Crippen LogP contribution in [0, 0.1) is 0 Å². The van der Waals surface area contributed by atoms with E-state index in [1.807, 2.05) is 38.1 Å². The molecule has 2 nitrogen and oxygen atoms in total. The van der Waals surface area contributed by atoms with Gasteiger partial charge in [-0.25, -0.2) is 0 Å². The molecular weight excluding hydrogens is 188 g/mol. The Morgan fingerprint density at radius 1 is 1.13 bits per heavy atom. The van der Waals surface area contributed by atoms with Gasteiger partial charge in [0, 0.05) is 0 Å². The maximum absolute atomic E-state index is 5.66. The zero-order valence-corrected chi connectivity index (χ0v) is 9.19. The van der Waals surface area contributed by atoms with Crippen molar-refractivity contribution in [2.75, 3.05) is 13.2 Å². The average molecular weight is 204 g/mol. The number of hydrogen-bond donors (Lipinski definition) is 0. The highest BCUT2D eigenvalue weighted by Gasteiger charge is 2.29. The summed E-state index contributed by atoms with van der Waals surface area (Å²) < 4.78 is 11.3. The van der Waals surface area contributed by atoms with Crippen LogP contribution in [-0.4, -0.2) is 18.8 Å². The van der Waals surface area contributed by atoms with Gasteiger partial charge in [-0.05, 0) is 25.5 Å². The van der Waals surface area contributed by atoms with E-state index in [0.717, 1.165) is 11.3 Å². The van der Waals surface area contributed by atoms with Crippen LogP contribution in [0.25, 0.3) is 6.08 Å². The van der Waals surface area contributed by atoms with Crippen LogP contribution in [0.15, 0.2) is 36.1 Å². The molecular formula is C13H16O2. The fourth-order valence-electron chi connectivity index (χ4n) is 1.61. The Kier molecular flexibility index (Phi) is 2.78. The van der Waals surface area contributed by atoms with Crippen molar-refractivity contribution < 1.29 is 9.47 Å². The van der Waals surface area contributed by atoms with E-state index in [0.29, 0.717) is 13.2 Å². The smallest absolute Gasteiger partial charge is 0.128 e. The maximum atomic E-state index is 5.66. The molecule has 0 spiro atoms. The van der Waals surface area contributed by atoms with E-state index >= 15 is 0 Å². The van der Waals surface area contributed by atoms with Gasteiger partial charge < -0.3 is 9.47 Å². The lowest BCUT2D eigenvalue weighted by atomic mass is 10.0. The highest BCUT2D eigenvalue weighted by Crippen LogP contribution is 2.27. The molecule has 0 amide bonds. The number of rotatable bonds is 1. The van der Waals surface area contributed by atoms with Crippen molar-refractivity contribution in [2.45, 2.75) is 19.4 Å². The summed E-state index contributed by atoms with van der Waals surface area (Å²) in [6, 6.07) is 10.2. The fourth-order valence-corrected chi connectivity index (χ4v) is 1.61. The average Bonchev–Trinajstić information content (AvgIpc) is 2.23. The maximum Gasteiger partial charge on any atom is 0.128 e. The minimum Gasteiger partial charge on any atom is -0.492 e. The summed E-state index contributed by atoms with van der Waals surface area (Å²) in [5, 5.41) is 0. The Hall–Kier alpha value is -1.28. The Morgan fingerprint density at radius 3 is 2.53 bits per heavy atom. The monoisotopic (exact) mass is 204 g/mol. The zero-order chi connectivity index (χ0) is 10.7. The number of hydrogen-bond acceptors (Lipinski definition) is 2. The molecule has 2 heteroatoms. The van der Waals surface area contributed by atoms with Gasteiger partial charge >= 0.3 is 0 Å². The van der Waals surface area contributed by atoms with Crippen molar-refractivity contribution in [3.63, 3.8) is 0 Å². The van der Waals surface area contributed by atoms with Crippen LogP contribution in [-0.2, 0) is 9.47 Å². The second-order valence-electron chi connectivity index (χ2n) is 4.13. The van der Waals surface area contributed by atoms with Gasteiger partial charge in [0.15, 0.2) is 0 Å². The molecule has 0 atom stereocenters. The molecule has 1 saturated heterocycles. The van der Waals surface area contributed by atoms with Gasteiger partial charge in [-0.1, -0.05) is 30.3 Å². The van der Waals surface area contributed by atoms with Gasteiger partial charge in [0.1, 0.15) is 18.0 Å². The van der Waals surface area contributed by atoms with Crippen LogP contribution in [0.1, 0.15) is 19.4 Å². The molecule has 15 heavy (non-hydrogen) atoms. The molecule has 0 aliphatic carbocycles. The van der Waals surface area contributed by atoms with E-state index in [9.17, 15) is 0 Å². The first-order chi connectivity index (χ1) is 7.18. The normalized spacial score (nSPS) is 22.4. The van der Waals surface area contributed by atoms with Crippen molar-refractivity contribution in [3.05, 3.63) is 41.7 Å². The molecule has 1 aromatic carbocycles. The summed E-state index contributed by atoms with van der Waals surface area (Å²) in [5.41, 5.74) is 0.833. The molecule has 0 unspecified atom stereocenters. The summed E-state index contributed by atoms with van der Waals surface area (Å²) in [4.78, 5) is 0. The summed E-state index contributed by atoms with van der Waals surface area (Å²) in [6.07, 6.45) is 2.04. The minimum atomic E-state index is -0.311. The number of ether oxygens (including phenoxy) is 2. The van der Waals surface area contributed by atoms with E-state index in [1.165, 1.54) is 0 Å². The lowest BCUT2D eigenvalue weighted by molar-refractivity contribution is -0.0906. The van der Waals surface area contributed by atoms with Crippen LogP contribution < -0.4 is 0 Å². The first-order valence-electron chi connectivity index (χ1n) is 5.22. The SMILES string of the molecule is CC1(C)OCCO/C1=C\c1ccccc1. The van der Waals surface area contributed by atoms with Crippen LogP contribution in [0.2, 0.25) is 0 Å². The molecule has 1 aliphatic heterocycles. The Bertz CT molecular complexity index is 352. The molecule has 80 valence electrons. The first-order valence-corrected chi connectivity index (χ1v) is 5.22. The van der Waals surface area contributed by atoms with Crippen molar-refractivity contribution in [1.82, 2.24) is 0 Å². The van der Waals surface area contributed by atoms with Crippen molar-refractivity contribution in [2.24, 2.45) is 0 Å². The lowest BCUT2D eigenvalue weighted by Crippen LogP contribution is -2.35. The highest BCUT2D eigenvalue weighted by atomic mass is 16.6. The van der Waals surface area contributed by atoms with Gasteiger partial charge in [-0.15, -0.1) is 0 Å². The third kappa shape index (κ3) is 2.39. The Morgan fingerprint density at radius 2 is 1.87 bits per heavy atom. The molecule has 0 N–H and O–H groups in total. The van der Waals surface area contributed by atoms with Crippen LogP contribution in [0.4, 0.5) is 0 Å². The van der Waals surface area contributed by atoms with E-state index < -0.39 is 0 Å². The second-order valence-corrected chi connectivity index (χ2v) is 4.13. The third-order valence-corrected chi connectivity index (χ3v) is 2.49. The summed E-state index contributed by atoms with van der Waals surface area (Å²) in [7, 11) is 0. The second kappa shape index (κ2) is 4.07. The quantitative estimate of drug-likeness (QED) is 0.700. The van der Waals surface area contributed by atoms with E-state index in [2.05, 4.69) is 12.1 Å². The van der Waals surface area contributed by atoms with Gasteiger partial charge in [0.05, 0.1) is 6.61 Å². The zero-order valence-electron chi connectivity index (χ0n) is 9.19. The van der Waals surface area contributed by atoms with Crippen molar-refractivity contribution in [3.8, 4) is 0 Å². The molecule has 1 fully saturated rings. The Labute approximate surface area is 90.5 Å². The summed E-state index contributed by atoms with van der Waals surface area (Å²) in [6.45, 7) is 5.36. The molecule has 0 bridgehead atoms. The summed E-state index contributed by atoms with van der Waals surface area (Å²) in [5.74, 6) is 0.903. The van der Waals surface area contributed by atoms with Crippen LogP contribution in [0.3, 0.4) is 0 Å². The van der Waals surface area contributed by atoms with Gasteiger partial charge in [0.25, 0.3) is 0 Å². The van der Waals surface area contributed by atoms with Crippen LogP contribution in [0.5, 0.6) is 0 Å². The molecule has 0 radical (unpaired) electrons. The number of benzene rings is 1. The molecule has 0 aromatic heterocycles. The van der Waals surface area contributed by atoms with E-state index in [1.54, 1.807) is 0 Å². The van der Waals surface area contributed by atoms with Crippen molar-refractivity contribution >= 4 is 6.08 Å². The van der Waals surface area contributed by atoms with Crippen LogP contribution >= 0.6 is 0 Å². The fraction of sp³-hybridized carbons (Fsp3) is 0.385. The topological polar surface area (TPSA) is 18.5 Å².